The Kier molecular flexibility index (Phi) is 7.38. The highest BCUT2D eigenvalue weighted by Crippen LogP contribution is 2.39. The van der Waals surface area contributed by atoms with Crippen LogP contribution < -0.4 is 5.32 Å². The van der Waals surface area contributed by atoms with Crippen LogP contribution in [0.5, 0.6) is 0 Å². The van der Waals surface area contributed by atoms with E-state index in [0.717, 1.165) is 53.9 Å². The second-order valence-corrected chi connectivity index (χ2v) is 11.4. The number of halogens is 1. The number of carbonyl (C=O) groups excluding carboxylic acids is 1. The molecule has 1 aromatic carbocycles. The summed E-state index contributed by atoms with van der Waals surface area (Å²) >= 11 is 6.16. The molecule has 8 nitrogen and oxygen atoms in total. The molecule has 5 rings (SSSR count). The van der Waals surface area contributed by atoms with Gasteiger partial charge in [0.15, 0.2) is 0 Å². The maximum Gasteiger partial charge on any atom is 0.410 e. The van der Waals surface area contributed by atoms with Gasteiger partial charge in [0.05, 0.1) is 5.69 Å². The second kappa shape index (κ2) is 10.7. The summed E-state index contributed by atoms with van der Waals surface area (Å²) in [4.78, 5) is 23.8. The van der Waals surface area contributed by atoms with E-state index in [0.29, 0.717) is 30.1 Å². The minimum atomic E-state index is -0.505. The van der Waals surface area contributed by atoms with Gasteiger partial charge >= 0.3 is 6.09 Å². The average molecular weight is 523 g/mol. The van der Waals surface area contributed by atoms with Crippen LogP contribution in [0.4, 0.5) is 10.7 Å². The Morgan fingerprint density at radius 1 is 1.08 bits per heavy atom. The molecule has 1 aliphatic heterocycles. The van der Waals surface area contributed by atoms with Crippen LogP contribution in [0.3, 0.4) is 0 Å². The van der Waals surface area contributed by atoms with Gasteiger partial charge < -0.3 is 15.0 Å². The summed E-state index contributed by atoms with van der Waals surface area (Å²) in [5.41, 5.74) is 4.16. The number of hydrogen-bond donors (Lipinski definition) is 2. The Hall–Kier alpha value is -3.13. The van der Waals surface area contributed by atoms with Crippen molar-refractivity contribution in [3.8, 4) is 22.5 Å². The summed E-state index contributed by atoms with van der Waals surface area (Å²) in [5.74, 6) is 0.863. The third-order valence-corrected chi connectivity index (χ3v) is 7.32. The lowest BCUT2D eigenvalue weighted by Gasteiger charge is -2.33. The average Bonchev–Trinajstić information content (AvgIpc) is 3.54. The van der Waals surface area contributed by atoms with Gasteiger partial charge in [0.1, 0.15) is 11.3 Å². The van der Waals surface area contributed by atoms with Crippen molar-refractivity contribution in [1.29, 1.82) is 0 Å². The fourth-order valence-corrected chi connectivity index (χ4v) is 5.35. The fourth-order valence-electron chi connectivity index (χ4n) is 5.22. The highest BCUT2D eigenvalue weighted by atomic mass is 35.5. The van der Waals surface area contributed by atoms with Crippen molar-refractivity contribution in [3.05, 3.63) is 47.2 Å². The maximum atomic E-state index is 12.6. The monoisotopic (exact) mass is 522 g/mol. The van der Waals surface area contributed by atoms with Crippen LogP contribution in [0.25, 0.3) is 22.5 Å². The van der Waals surface area contributed by atoms with E-state index >= 15 is 0 Å². The molecule has 1 saturated carbocycles. The number of aromatic nitrogens is 4. The molecule has 2 aliphatic rings. The zero-order chi connectivity index (χ0) is 26.0. The third kappa shape index (κ3) is 6.06. The van der Waals surface area contributed by atoms with Crippen molar-refractivity contribution < 1.29 is 9.53 Å². The molecule has 0 spiro atoms. The van der Waals surface area contributed by atoms with Crippen LogP contribution in [-0.4, -0.2) is 55.9 Å². The molecule has 1 saturated heterocycles. The lowest BCUT2D eigenvalue weighted by atomic mass is 9.89. The number of carbonyl (C=O) groups is 1. The zero-order valence-electron chi connectivity index (χ0n) is 21.8. The van der Waals surface area contributed by atoms with Gasteiger partial charge in [0.25, 0.3) is 0 Å². The molecule has 37 heavy (non-hydrogen) atoms. The molecule has 196 valence electrons. The van der Waals surface area contributed by atoms with Gasteiger partial charge in [-0.3, -0.25) is 5.10 Å². The molecule has 0 radical (unpaired) electrons. The van der Waals surface area contributed by atoms with Gasteiger partial charge in [-0.1, -0.05) is 36.6 Å². The number of rotatable bonds is 5. The molecule has 0 atom stereocenters. The van der Waals surface area contributed by atoms with Gasteiger partial charge in [-0.05, 0) is 64.7 Å². The van der Waals surface area contributed by atoms with Crippen molar-refractivity contribution in [3.63, 3.8) is 0 Å². The highest BCUT2D eigenvalue weighted by molar-refractivity contribution is 6.30. The SMILES string of the molecule is CC(C)(C)OC(=O)N1CCC(c2[nH]nc(-c3ccc(Cl)cc3)c2-c2ccnc(NC3CCCC3)n2)CC1. The van der Waals surface area contributed by atoms with E-state index < -0.39 is 5.60 Å². The number of likely N-dealkylation sites (tertiary alicyclic amines) is 1. The predicted molar refractivity (Wildman–Crippen MR) is 146 cm³/mol. The summed E-state index contributed by atoms with van der Waals surface area (Å²) in [5, 5.41) is 12.3. The van der Waals surface area contributed by atoms with Gasteiger partial charge in [0.2, 0.25) is 5.95 Å². The Balaban J connectivity index is 1.44. The largest absolute Gasteiger partial charge is 0.444 e. The quantitative estimate of drug-likeness (QED) is 0.389. The van der Waals surface area contributed by atoms with Crippen molar-refractivity contribution in [2.24, 2.45) is 0 Å². The standard InChI is InChI=1S/C28H35ClN6O2/c1-28(2,3)37-27(36)35-16-13-19(14-17-35)25-23(24(33-34-25)18-8-10-20(29)11-9-18)22-12-15-30-26(32-22)31-21-6-4-5-7-21/h8-12,15,19,21H,4-7,13-14,16-17H2,1-3H3,(H,33,34)(H,30,31,32). The van der Waals surface area contributed by atoms with Crippen LogP contribution in [0.1, 0.15) is 70.9 Å². The summed E-state index contributed by atoms with van der Waals surface area (Å²) < 4.78 is 5.58. The number of H-pyrrole nitrogens is 1. The van der Waals surface area contributed by atoms with Crippen LogP contribution in [0.15, 0.2) is 36.5 Å². The van der Waals surface area contributed by atoms with Crippen LogP contribution in [0, 0.1) is 0 Å². The molecule has 2 N–H and O–H groups in total. The predicted octanol–water partition coefficient (Wildman–Crippen LogP) is 6.66. The number of piperidine rings is 1. The van der Waals surface area contributed by atoms with Gasteiger partial charge in [0, 0.05) is 53.1 Å². The van der Waals surface area contributed by atoms with Gasteiger partial charge in [-0.25, -0.2) is 14.8 Å². The first-order chi connectivity index (χ1) is 17.8. The molecule has 1 amide bonds. The topological polar surface area (TPSA) is 96.0 Å². The lowest BCUT2D eigenvalue weighted by Crippen LogP contribution is -2.41. The van der Waals surface area contributed by atoms with Crippen molar-refractivity contribution >= 4 is 23.6 Å². The molecule has 3 heterocycles. The minimum Gasteiger partial charge on any atom is -0.444 e. The second-order valence-electron chi connectivity index (χ2n) is 11.0. The van der Waals surface area contributed by atoms with Gasteiger partial charge in [-0.15, -0.1) is 0 Å². The van der Waals surface area contributed by atoms with E-state index in [2.05, 4.69) is 15.4 Å². The zero-order valence-corrected chi connectivity index (χ0v) is 22.5. The van der Waals surface area contributed by atoms with Crippen LogP contribution in [-0.2, 0) is 4.74 Å². The number of ether oxygens (including phenoxy) is 1. The summed E-state index contributed by atoms with van der Waals surface area (Å²) in [6, 6.07) is 10.1. The van der Waals surface area contributed by atoms with Crippen LogP contribution >= 0.6 is 11.6 Å². The number of benzene rings is 1. The van der Waals surface area contributed by atoms with Crippen LogP contribution in [0.2, 0.25) is 5.02 Å². The molecule has 0 unspecified atom stereocenters. The smallest absolute Gasteiger partial charge is 0.410 e. The Bertz CT molecular complexity index is 1220. The first kappa shape index (κ1) is 25.5. The van der Waals surface area contributed by atoms with E-state index in [1.54, 1.807) is 4.90 Å². The molecule has 2 fully saturated rings. The summed E-state index contributed by atoms with van der Waals surface area (Å²) in [6.45, 7) is 6.94. The minimum absolute atomic E-state index is 0.212. The van der Waals surface area contributed by atoms with Gasteiger partial charge in [-0.2, -0.15) is 5.10 Å². The molecular formula is C28H35ClN6O2. The van der Waals surface area contributed by atoms with Crippen molar-refractivity contribution in [1.82, 2.24) is 25.1 Å². The highest BCUT2D eigenvalue weighted by Gasteiger charge is 2.31. The normalized spacial score (nSPS) is 17.2. The summed E-state index contributed by atoms with van der Waals surface area (Å²) in [7, 11) is 0. The number of aromatic amines is 1. The van der Waals surface area contributed by atoms with Crippen molar-refractivity contribution in [2.75, 3.05) is 18.4 Å². The maximum absolute atomic E-state index is 12.6. The fraction of sp³-hybridized carbons (Fsp3) is 0.500. The number of amides is 1. The van der Waals surface area contributed by atoms with E-state index in [4.69, 9.17) is 26.4 Å². The van der Waals surface area contributed by atoms with E-state index in [1.165, 1.54) is 12.8 Å². The molecular weight excluding hydrogens is 488 g/mol. The lowest BCUT2D eigenvalue weighted by molar-refractivity contribution is 0.0204. The molecule has 3 aromatic rings. The van der Waals surface area contributed by atoms with E-state index in [9.17, 15) is 4.79 Å². The first-order valence-corrected chi connectivity index (χ1v) is 13.6. The van der Waals surface area contributed by atoms with E-state index in [1.807, 2.05) is 57.3 Å². The van der Waals surface area contributed by atoms with Crippen molar-refractivity contribution in [2.45, 2.75) is 76.9 Å². The molecule has 0 bridgehead atoms. The third-order valence-electron chi connectivity index (χ3n) is 7.07. The number of hydrogen-bond acceptors (Lipinski definition) is 6. The number of nitrogens with one attached hydrogen (secondary N) is 2. The Morgan fingerprint density at radius 2 is 1.78 bits per heavy atom. The Morgan fingerprint density at radius 3 is 2.46 bits per heavy atom. The Labute approximate surface area is 223 Å². The first-order valence-electron chi connectivity index (χ1n) is 13.2. The molecule has 9 heteroatoms. The summed E-state index contributed by atoms with van der Waals surface area (Å²) in [6.07, 6.45) is 7.97. The molecule has 2 aromatic heterocycles. The van der Waals surface area contributed by atoms with E-state index in [-0.39, 0.29) is 12.0 Å². The number of nitrogens with zero attached hydrogens (tertiary/aromatic N) is 4. The number of anilines is 1. The molecule has 1 aliphatic carbocycles.